The van der Waals surface area contributed by atoms with E-state index in [-0.39, 0.29) is 17.4 Å². The number of ether oxygens (including phenoxy) is 2. The summed E-state index contributed by atoms with van der Waals surface area (Å²) in [4.78, 5) is 53.1. The number of aromatic nitrogens is 1. The highest BCUT2D eigenvalue weighted by Gasteiger charge is 2.37. The van der Waals surface area contributed by atoms with Crippen LogP contribution in [0.1, 0.15) is 32.9 Å². The van der Waals surface area contributed by atoms with Crippen molar-refractivity contribution in [2.24, 2.45) is 0 Å². The third-order valence-electron chi connectivity index (χ3n) is 6.24. The molecule has 3 heterocycles. The Labute approximate surface area is 207 Å². The van der Waals surface area contributed by atoms with Crippen LogP contribution in [0, 0.1) is 20.8 Å². The molecule has 3 amide bonds. The normalized spacial score (nSPS) is 17.4. The molecule has 0 aliphatic carbocycles. The average Bonchev–Trinajstić information content (AvgIpc) is 3.28. The second-order valence-electron chi connectivity index (χ2n) is 8.36. The molecule has 2 aliphatic rings. The van der Waals surface area contributed by atoms with Gasteiger partial charge in [0.15, 0.2) is 0 Å². The van der Waals surface area contributed by atoms with Gasteiger partial charge in [0.2, 0.25) is 5.91 Å². The lowest BCUT2D eigenvalue weighted by Gasteiger charge is -2.28. The minimum absolute atomic E-state index is 0.268. The Bertz CT molecular complexity index is 1240. The summed E-state index contributed by atoms with van der Waals surface area (Å²) >= 11 is 0.830. The van der Waals surface area contributed by atoms with Crippen LogP contribution in [0.15, 0.2) is 29.2 Å². The lowest BCUT2D eigenvalue weighted by molar-refractivity contribution is -0.139. The molecule has 0 spiro atoms. The fraction of sp³-hybridized carbons (Fsp3) is 0.360. The summed E-state index contributed by atoms with van der Waals surface area (Å²) < 4.78 is 12.1. The molecule has 0 radical (unpaired) electrons. The van der Waals surface area contributed by atoms with E-state index in [0.29, 0.717) is 31.9 Å². The fourth-order valence-electron chi connectivity index (χ4n) is 4.33. The van der Waals surface area contributed by atoms with E-state index in [1.54, 1.807) is 23.1 Å². The second kappa shape index (κ2) is 10.1. The number of carbonyl (C=O) groups excluding carboxylic acids is 4. The molecule has 2 aromatic rings. The number of morpholine rings is 1. The van der Waals surface area contributed by atoms with Gasteiger partial charge in [-0.2, -0.15) is 0 Å². The quantitative estimate of drug-likeness (QED) is 0.463. The van der Waals surface area contributed by atoms with Crippen LogP contribution in [0.5, 0.6) is 0 Å². The molecule has 0 N–H and O–H groups in total. The molecule has 2 saturated heterocycles. The lowest BCUT2D eigenvalue weighted by atomic mass is 10.1. The number of amides is 3. The molecule has 1 aromatic carbocycles. The first-order valence-corrected chi connectivity index (χ1v) is 12.0. The van der Waals surface area contributed by atoms with Crippen LogP contribution in [0.3, 0.4) is 0 Å². The first-order valence-electron chi connectivity index (χ1n) is 11.2. The summed E-state index contributed by atoms with van der Waals surface area (Å²) in [5.41, 5.74) is 4.60. The number of hydrogen-bond acceptors (Lipinski definition) is 7. The molecule has 1 aromatic heterocycles. The van der Waals surface area contributed by atoms with Crippen molar-refractivity contribution in [1.29, 1.82) is 0 Å². The maximum atomic E-state index is 13.0. The van der Waals surface area contributed by atoms with Crippen molar-refractivity contribution >= 4 is 40.9 Å². The van der Waals surface area contributed by atoms with Crippen LogP contribution in [-0.4, -0.2) is 77.3 Å². The third-order valence-corrected chi connectivity index (χ3v) is 7.15. The van der Waals surface area contributed by atoms with Gasteiger partial charge in [0.05, 0.1) is 30.8 Å². The SMILES string of the molecule is COC(=O)c1cccc(-n2c(C)cc(/C=C3/SC(=O)N(CC(=O)N4CCOCC4)C3=O)c2C)c1C. The van der Waals surface area contributed by atoms with E-state index in [9.17, 15) is 19.2 Å². The summed E-state index contributed by atoms with van der Waals surface area (Å²) in [7, 11) is 1.35. The van der Waals surface area contributed by atoms with Crippen molar-refractivity contribution in [3.8, 4) is 5.69 Å². The fourth-order valence-corrected chi connectivity index (χ4v) is 5.16. The molecule has 0 atom stereocenters. The Kier molecular flexibility index (Phi) is 7.13. The van der Waals surface area contributed by atoms with Crippen molar-refractivity contribution in [2.45, 2.75) is 20.8 Å². The van der Waals surface area contributed by atoms with Crippen LogP contribution in [-0.2, 0) is 19.1 Å². The van der Waals surface area contributed by atoms with E-state index < -0.39 is 17.1 Å². The molecule has 10 heteroatoms. The van der Waals surface area contributed by atoms with Gasteiger partial charge in [-0.1, -0.05) is 6.07 Å². The van der Waals surface area contributed by atoms with Crippen molar-refractivity contribution in [2.75, 3.05) is 40.0 Å². The van der Waals surface area contributed by atoms with Gasteiger partial charge in [-0.05, 0) is 67.9 Å². The zero-order chi connectivity index (χ0) is 25.3. The number of rotatable bonds is 5. The molecule has 2 aliphatic heterocycles. The van der Waals surface area contributed by atoms with Gasteiger partial charge in [0, 0.05) is 30.2 Å². The molecule has 35 heavy (non-hydrogen) atoms. The van der Waals surface area contributed by atoms with Gasteiger partial charge in [-0.15, -0.1) is 0 Å². The predicted molar refractivity (Wildman–Crippen MR) is 131 cm³/mol. The summed E-state index contributed by atoms with van der Waals surface area (Å²) in [6, 6.07) is 7.35. The predicted octanol–water partition coefficient (Wildman–Crippen LogP) is 3.08. The third kappa shape index (κ3) is 4.76. The van der Waals surface area contributed by atoms with Gasteiger partial charge in [-0.3, -0.25) is 19.3 Å². The highest BCUT2D eigenvalue weighted by Crippen LogP contribution is 2.34. The highest BCUT2D eigenvalue weighted by atomic mass is 32.2. The van der Waals surface area contributed by atoms with Gasteiger partial charge < -0.3 is 18.9 Å². The van der Waals surface area contributed by atoms with E-state index in [2.05, 4.69) is 0 Å². The van der Waals surface area contributed by atoms with E-state index in [4.69, 9.17) is 9.47 Å². The summed E-state index contributed by atoms with van der Waals surface area (Å²) in [6.45, 7) is 7.23. The number of hydrogen-bond donors (Lipinski definition) is 0. The molecule has 0 saturated carbocycles. The molecule has 9 nitrogen and oxygen atoms in total. The lowest BCUT2D eigenvalue weighted by Crippen LogP contribution is -2.46. The molecule has 2 fully saturated rings. The van der Waals surface area contributed by atoms with Crippen molar-refractivity contribution in [1.82, 2.24) is 14.4 Å². The van der Waals surface area contributed by atoms with E-state index in [0.717, 1.165) is 44.9 Å². The van der Waals surface area contributed by atoms with Crippen LogP contribution < -0.4 is 0 Å². The zero-order valence-corrected chi connectivity index (χ0v) is 20.9. The summed E-state index contributed by atoms with van der Waals surface area (Å²) in [5.74, 6) is -1.15. The van der Waals surface area contributed by atoms with Gasteiger partial charge in [0.1, 0.15) is 6.54 Å². The Morgan fingerprint density at radius 1 is 1.14 bits per heavy atom. The van der Waals surface area contributed by atoms with Gasteiger partial charge >= 0.3 is 5.97 Å². The number of nitrogens with zero attached hydrogens (tertiary/aromatic N) is 3. The molecule has 4 rings (SSSR count). The maximum Gasteiger partial charge on any atom is 0.338 e. The minimum Gasteiger partial charge on any atom is -0.465 e. The number of esters is 1. The number of aryl methyl sites for hydroxylation is 1. The van der Waals surface area contributed by atoms with Crippen LogP contribution in [0.4, 0.5) is 4.79 Å². The van der Waals surface area contributed by atoms with Gasteiger partial charge in [0.25, 0.3) is 11.1 Å². The summed E-state index contributed by atoms with van der Waals surface area (Å²) in [5, 5.41) is -0.460. The zero-order valence-electron chi connectivity index (χ0n) is 20.1. The number of thioether (sulfide) groups is 1. The van der Waals surface area contributed by atoms with E-state index >= 15 is 0 Å². The summed E-state index contributed by atoms with van der Waals surface area (Å²) in [6.07, 6.45) is 1.68. The molecule has 0 unspecified atom stereocenters. The standard InChI is InChI=1S/C25H27N3O6S/c1-15-12-18(17(3)28(15)20-7-5-6-19(16(20)2)24(31)33-4)13-21-23(30)27(25(32)35-21)14-22(29)26-8-10-34-11-9-26/h5-7,12-13H,8-11,14H2,1-4H3/b21-13+. The molecule has 184 valence electrons. The second-order valence-corrected chi connectivity index (χ2v) is 9.36. The number of methoxy groups -OCH3 is 1. The monoisotopic (exact) mass is 497 g/mol. The Balaban J connectivity index is 1.60. The topological polar surface area (TPSA) is 98.2 Å². The maximum absolute atomic E-state index is 13.0. The number of carbonyl (C=O) groups is 4. The van der Waals surface area contributed by atoms with E-state index in [1.165, 1.54) is 7.11 Å². The van der Waals surface area contributed by atoms with Gasteiger partial charge in [-0.25, -0.2) is 4.79 Å². The Hall–Kier alpha value is -3.37. The smallest absolute Gasteiger partial charge is 0.338 e. The van der Waals surface area contributed by atoms with Crippen LogP contribution in [0.25, 0.3) is 11.8 Å². The first kappa shape index (κ1) is 24.7. The molecular formula is C25H27N3O6S. The molecular weight excluding hydrogens is 470 g/mol. The average molecular weight is 498 g/mol. The van der Waals surface area contributed by atoms with Crippen LogP contribution in [0.2, 0.25) is 0 Å². The first-order chi connectivity index (χ1) is 16.7. The Morgan fingerprint density at radius 3 is 2.54 bits per heavy atom. The van der Waals surface area contributed by atoms with Crippen LogP contribution >= 0.6 is 11.8 Å². The number of imide groups is 1. The van der Waals surface area contributed by atoms with Crippen molar-refractivity contribution in [3.63, 3.8) is 0 Å². The largest absolute Gasteiger partial charge is 0.465 e. The highest BCUT2D eigenvalue weighted by molar-refractivity contribution is 8.18. The van der Waals surface area contributed by atoms with E-state index in [1.807, 2.05) is 37.5 Å². The Morgan fingerprint density at radius 2 is 1.86 bits per heavy atom. The molecule has 0 bridgehead atoms. The van der Waals surface area contributed by atoms with Crippen molar-refractivity contribution < 1.29 is 28.7 Å². The minimum atomic E-state index is -0.477. The number of benzene rings is 1. The van der Waals surface area contributed by atoms with Crippen molar-refractivity contribution in [3.05, 3.63) is 57.2 Å².